The van der Waals surface area contributed by atoms with Crippen LogP contribution in [0, 0.1) is 0 Å². The number of nitrogens with one attached hydrogen (secondary N) is 3. The van der Waals surface area contributed by atoms with Crippen LogP contribution in [0.15, 0.2) is 66.7 Å². The molecule has 2 atom stereocenters. The van der Waals surface area contributed by atoms with Crippen LogP contribution in [-0.2, 0) is 11.2 Å². The van der Waals surface area contributed by atoms with Crippen molar-refractivity contribution in [3.05, 3.63) is 105 Å². The van der Waals surface area contributed by atoms with Gasteiger partial charge >= 0.3 is 12.0 Å². The van der Waals surface area contributed by atoms with E-state index in [-0.39, 0.29) is 34.1 Å². The normalized spacial score (nSPS) is 20.3. The zero-order chi connectivity index (χ0) is 27.5. The number of amides is 3. The van der Waals surface area contributed by atoms with Crippen LogP contribution in [0.4, 0.5) is 4.79 Å². The first-order chi connectivity index (χ1) is 18.8. The smallest absolute Gasteiger partial charge is 0.328 e. The molecule has 2 aliphatic carbocycles. The van der Waals surface area contributed by atoms with Gasteiger partial charge in [-0.15, -0.1) is 0 Å². The van der Waals surface area contributed by atoms with Crippen molar-refractivity contribution in [2.75, 3.05) is 6.54 Å². The maximum Gasteiger partial charge on any atom is 0.328 e. The molecule has 0 radical (unpaired) electrons. The summed E-state index contributed by atoms with van der Waals surface area (Å²) in [5.41, 5.74) is 4.38. The van der Waals surface area contributed by atoms with Gasteiger partial charge in [-0.05, 0) is 65.8 Å². The molecule has 9 heteroatoms. The van der Waals surface area contributed by atoms with Gasteiger partial charge in [0, 0.05) is 0 Å². The molecule has 202 valence electrons. The summed E-state index contributed by atoms with van der Waals surface area (Å²) in [5, 5.41) is 18.0. The Labute approximate surface area is 236 Å². The predicted octanol–water partition coefficient (Wildman–Crippen LogP) is 5.82. The summed E-state index contributed by atoms with van der Waals surface area (Å²) in [7, 11) is 0. The van der Waals surface area contributed by atoms with Crippen molar-refractivity contribution in [3.63, 3.8) is 0 Å². The summed E-state index contributed by atoms with van der Waals surface area (Å²) >= 11 is 13.0. The van der Waals surface area contributed by atoms with Crippen molar-refractivity contribution in [1.29, 1.82) is 0 Å². The van der Waals surface area contributed by atoms with Crippen molar-refractivity contribution in [2.24, 2.45) is 0 Å². The van der Waals surface area contributed by atoms with Gasteiger partial charge in [0.1, 0.15) is 6.04 Å². The molecule has 3 amide bonds. The molecule has 4 N–H and O–H groups in total. The Balaban J connectivity index is 1.20. The van der Waals surface area contributed by atoms with Crippen molar-refractivity contribution in [2.45, 2.75) is 49.6 Å². The van der Waals surface area contributed by atoms with Gasteiger partial charge < -0.3 is 21.1 Å². The maximum atomic E-state index is 13.2. The molecule has 3 aromatic rings. The number of benzene rings is 3. The van der Waals surface area contributed by atoms with Gasteiger partial charge in [0.15, 0.2) is 0 Å². The average molecular weight is 566 g/mol. The zero-order valence-electron chi connectivity index (χ0n) is 21.1. The van der Waals surface area contributed by atoms with E-state index >= 15 is 0 Å². The van der Waals surface area contributed by atoms with E-state index < -0.39 is 23.9 Å². The fourth-order valence-electron chi connectivity index (χ4n) is 5.50. The molecule has 0 saturated heterocycles. The number of carbonyl (C=O) groups is 3. The van der Waals surface area contributed by atoms with Crippen LogP contribution in [0.5, 0.6) is 0 Å². The molecule has 39 heavy (non-hydrogen) atoms. The van der Waals surface area contributed by atoms with Crippen LogP contribution in [0.25, 0.3) is 0 Å². The maximum absolute atomic E-state index is 13.2. The monoisotopic (exact) mass is 565 g/mol. The van der Waals surface area contributed by atoms with Gasteiger partial charge in [-0.1, -0.05) is 83.9 Å². The molecule has 0 heterocycles. The Morgan fingerprint density at radius 3 is 2.36 bits per heavy atom. The molecule has 0 aromatic heterocycles. The number of carboxylic acid groups (broad SMARTS) is 1. The van der Waals surface area contributed by atoms with Crippen molar-refractivity contribution in [1.82, 2.24) is 16.0 Å². The summed E-state index contributed by atoms with van der Waals surface area (Å²) in [6, 6.07) is 19.5. The lowest BCUT2D eigenvalue weighted by Crippen LogP contribution is -2.50. The molecule has 3 aromatic carbocycles. The minimum atomic E-state index is -1.37. The van der Waals surface area contributed by atoms with Gasteiger partial charge in [-0.3, -0.25) is 4.79 Å². The van der Waals surface area contributed by atoms with Crippen molar-refractivity contribution >= 4 is 41.1 Å². The first kappa shape index (κ1) is 27.0. The summed E-state index contributed by atoms with van der Waals surface area (Å²) in [6.45, 7) is -0.308. The van der Waals surface area contributed by atoms with E-state index in [9.17, 15) is 19.5 Å². The van der Waals surface area contributed by atoms with E-state index in [2.05, 4.69) is 28.1 Å². The zero-order valence-corrected chi connectivity index (χ0v) is 22.6. The van der Waals surface area contributed by atoms with Gasteiger partial charge in [0.25, 0.3) is 5.91 Å². The summed E-state index contributed by atoms with van der Waals surface area (Å²) < 4.78 is 0. The van der Waals surface area contributed by atoms with E-state index in [4.69, 9.17) is 23.2 Å². The first-order valence-corrected chi connectivity index (χ1v) is 13.8. The molecule has 2 unspecified atom stereocenters. The third-order valence-corrected chi connectivity index (χ3v) is 8.43. The second kappa shape index (κ2) is 11.7. The van der Waals surface area contributed by atoms with Crippen molar-refractivity contribution < 1.29 is 19.5 Å². The number of urea groups is 1. The van der Waals surface area contributed by atoms with Crippen LogP contribution >= 0.6 is 23.2 Å². The summed E-state index contributed by atoms with van der Waals surface area (Å²) in [6.07, 6.45) is 3.43. The molecule has 1 fully saturated rings. The number of rotatable bonds is 8. The van der Waals surface area contributed by atoms with Crippen molar-refractivity contribution in [3.8, 4) is 0 Å². The Kier molecular flexibility index (Phi) is 8.10. The van der Waals surface area contributed by atoms with Gasteiger partial charge in [-0.2, -0.15) is 0 Å². The van der Waals surface area contributed by atoms with Gasteiger partial charge in [0.05, 0.1) is 28.2 Å². The van der Waals surface area contributed by atoms with E-state index in [0.29, 0.717) is 5.92 Å². The van der Waals surface area contributed by atoms with E-state index in [1.54, 1.807) is 6.07 Å². The molecule has 0 bridgehead atoms. The largest absolute Gasteiger partial charge is 0.480 e. The highest BCUT2D eigenvalue weighted by Crippen LogP contribution is 2.50. The Bertz CT molecular complexity index is 1390. The number of aryl methyl sites for hydroxylation is 1. The summed E-state index contributed by atoms with van der Waals surface area (Å²) in [5.74, 6) is -1.40. The minimum absolute atomic E-state index is 0.0391. The van der Waals surface area contributed by atoms with Crippen LogP contribution < -0.4 is 16.0 Å². The Morgan fingerprint density at radius 1 is 0.897 bits per heavy atom. The first-order valence-electron chi connectivity index (χ1n) is 13.0. The Hall–Kier alpha value is -3.55. The van der Waals surface area contributed by atoms with Crippen LogP contribution in [0.2, 0.25) is 10.0 Å². The number of halogens is 2. The van der Waals surface area contributed by atoms with E-state index in [0.717, 1.165) is 36.8 Å². The number of fused-ring (bicyclic) bond motifs is 1. The van der Waals surface area contributed by atoms with E-state index in [1.165, 1.54) is 11.1 Å². The number of aliphatic carboxylic acids is 1. The second-order valence-electron chi connectivity index (χ2n) is 10.1. The van der Waals surface area contributed by atoms with Gasteiger partial charge in [-0.25, -0.2) is 9.59 Å². The molecular weight excluding hydrogens is 537 g/mol. The van der Waals surface area contributed by atoms with Crippen LogP contribution in [0.3, 0.4) is 0 Å². The Morgan fingerprint density at radius 2 is 1.62 bits per heavy atom. The fourth-order valence-corrected chi connectivity index (χ4v) is 6.20. The lowest BCUT2D eigenvalue weighted by molar-refractivity contribution is -0.139. The molecule has 5 rings (SSSR count). The lowest BCUT2D eigenvalue weighted by atomic mass is 9.68. The standard InChI is InChI=1S/C30H29Cl2N3O4/c31-23-12-11-22(20-14-19(15-20)17-6-2-1-3-7-17)27(32)26(23)28(36)34-25(29(37)38)16-33-30(39)35-24-13-10-18-8-4-5-9-21(18)24/h1-9,11-12,19-20,24-25H,10,13-16H2,(H,34,36)(H,37,38)(H2,33,35,39). The molecule has 7 nitrogen and oxygen atoms in total. The highest BCUT2D eigenvalue weighted by molar-refractivity contribution is 6.40. The van der Waals surface area contributed by atoms with Gasteiger partial charge in [0.2, 0.25) is 0 Å². The number of hydrogen-bond donors (Lipinski definition) is 4. The number of carbonyl (C=O) groups excluding carboxylic acids is 2. The third kappa shape index (κ3) is 5.89. The highest BCUT2D eigenvalue weighted by Gasteiger charge is 2.34. The van der Waals surface area contributed by atoms with Crippen LogP contribution in [0.1, 0.15) is 69.8 Å². The third-order valence-electron chi connectivity index (χ3n) is 7.71. The second-order valence-corrected chi connectivity index (χ2v) is 10.9. The predicted molar refractivity (Wildman–Crippen MR) is 151 cm³/mol. The molecule has 0 spiro atoms. The number of carboxylic acids is 1. The minimum Gasteiger partial charge on any atom is -0.480 e. The SMILES string of the molecule is O=C(NCC(NC(=O)c1c(Cl)ccc(C2CC(c3ccccc3)C2)c1Cl)C(=O)O)NC1CCc2ccccc21. The highest BCUT2D eigenvalue weighted by atomic mass is 35.5. The average Bonchev–Trinajstić information content (AvgIpc) is 3.30. The topological polar surface area (TPSA) is 108 Å². The fraction of sp³-hybridized carbons (Fsp3) is 0.300. The molecular formula is C30H29Cl2N3O4. The van der Waals surface area contributed by atoms with E-state index in [1.807, 2.05) is 48.5 Å². The lowest BCUT2D eigenvalue weighted by Gasteiger charge is -2.37. The number of hydrogen-bond acceptors (Lipinski definition) is 3. The quantitative estimate of drug-likeness (QED) is 0.276. The molecule has 1 saturated carbocycles. The summed E-state index contributed by atoms with van der Waals surface area (Å²) in [4.78, 5) is 37.6. The molecule has 0 aliphatic heterocycles. The van der Waals surface area contributed by atoms with Crippen LogP contribution in [-0.4, -0.2) is 35.6 Å². The molecule has 2 aliphatic rings.